The summed E-state index contributed by atoms with van der Waals surface area (Å²) in [5, 5.41) is 5.68. The first kappa shape index (κ1) is 14.5. The van der Waals surface area contributed by atoms with Gasteiger partial charge in [-0.15, -0.1) is 0 Å². The molecule has 1 aliphatic rings. The van der Waals surface area contributed by atoms with Crippen molar-refractivity contribution in [1.82, 2.24) is 0 Å². The van der Waals surface area contributed by atoms with E-state index in [1.807, 2.05) is 13.8 Å². The molecule has 0 heterocycles. The van der Waals surface area contributed by atoms with Crippen molar-refractivity contribution in [3.8, 4) is 0 Å². The zero-order valence-corrected chi connectivity index (χ0v) is 11.9. The second-order valence-corrected chi connectivity index (χ2v) is 5.66. The highest BCUT2D eigenvalue weighted by molar-refractivity contribution is 5.98. The van der Waals surface area contributed by atoms with Crippen molar-refractivity contribution in [1.29, 1.82) is 0 Å². The van der Waals surface area contributed by atoms with Gasteiger partial charge in [-0.2, -0.15) is 0 Å². The minimum absolute atomic E-state index is 0.0349. The van der Waals surface area contributed by atoms with Crippen LogP contribution >= 0.6 is 0 Å². The van der Waals surface area contributed by atoms with Crippen LogP contribution in [0, 0.1) is 11.3 Å². The molecule has 1 aromatic carbocycles. The van der Waals surface area contributed by atoms with E-state index in [1.54, 1.807) is 24.3 Å². The molecule has 5 heteroatoms. The van der Waals surface area contributed by atoms with Gasteiger partial charge in [-0.1, -0.05) is 19.9 Å². The van der Waals surface area contributed by atoms with Crippen LogP contribution in [0.3, 0.4) is 0 Å². The van der Waals surface area contributed by atoms with E-state index in [2.05, 4.69) is 10.6 Å². The van der Waals surface area contributed by atoms with Crippen LogP contribution in [0.1, 0.15) is 26.7 Å². The van der Waals surface area contributed by atoms with Crippen LogP contribution in [0.15, 0.2) is 24.3 Å². The highest BCUT2D eigenvalue weighted by atomic mass is 16.2. The average molecular weight is 275 g/mol. The van der Waals surface area contributed by atoms with Gasteiger partial charge in [0.25, 0.3) is 0 Å². The Hall–Kier alpha value is -1.88. The minimum Gasteiger partial charge on any atom is -0.329 e. The number of rotatable bonds is 5. The third-order valence-electron chi connectivity index (χ3n) is 3.64. The zero-order chi connectivity index (χ0) is 14.8. The predicted octanol–water partition coefficient (Wildman–Crippen LogP) is 1.96. The van der Waals surface area contributed by atoms with Crippen molar-refractivity contribution in [2.75, 3.05) is 17.2 Å². The summed E-state index contributed by atoms with van der Waals surface area (Å²) in [4.78, 5) is 23.7. The molecule has 0 unspecified atom stereocenters. The normalized spacial score (nSPS) is 15.8. The summed E-state index contributed by atoms with van der Waals surface area (Å²) in [5.74, 6) is -0.165. The Kier molecular flexibility index (Phi) is 4.09. The molecule has 4 N–H and O–H groups in total. The van der Waals surface area contributed by atoms with Gasteiger partial charge in [0.2, 0.25) is 11.8 Å². The van der Waals surface area contributed by atoms with Gasteiger partial charge < -0.3 is 16.4 Å². The number of benzene rings is 1. The molecule has 0 radical (unpaired) electrons. The van der Waals surface area contributed by atoms with E-state index >= 15 is 0 Å². The van der Waals surface area contributed by atoms with Crippen LogP contribution in [-0.4, -0.2) is 18.4 Å². The molecule has 1 fully saturated rings. The number of nitrogens with two attached hydrogens (primary N) is 1. The number of carbonyl (C=O) groups is 2. The number of anilines is 2. The molecular weight excluding hydrogens is 254 g/mol. The van der Waals surface area contributed by atoms with Gasteiger partial charge in [0, 0.05) is 23.8 Å². The van der Waals surface area contributed by atoms with E-state index in [1.165, 1.54) is 0 Å². The van der Waals surface area contributed by atoms with Crippen molar-refractivity contribution in [3.05, 3.63) is 24.3 Å². The van der Waals surface area contributed by atoms with Crippen LogP contribution in [0.4, 0.5) is 11.4 Å². The lowest BCUT2D eigenvalue weighted by atomic mass is 10.1. The Labute approximate surface area is 118 Å². The molecule has 0 aliphatic heterocycles. The van der Waals surface area contributed by atoms with Gasteiger partial charge in [-0.25, -0.2) is 0 Å². The number of amides is 2. The standard InChI is InChI=1S/C15H21N3O2/c1-10(2)13(19)17-11-4-3-5-12(8-11)18-14(20)15(9-16)6-7-15/h3-5,8,10H,6-7,9,16H2,1-2H3,(H,17,19)(H,18,20). The number of carbonyl (C=O) groups excluding carboxylic acids is 2. The monoisotopic (exact) mass is 275 g/mol. The van der Waals surface area contributed by atoms with Crippen LogP contribution < -0.4 is 16.4 Å². The third-order valence-corrected chi connectivity index (χ3v) is 3.64. The molecule has 0 bridgehead atoms. The number of nitrogens with one attached hydrogen (secondary N) is 2. The smallest absolute Gasteiger partial charge is 0.231 e. The lowest BCUT2D eigenvalue weighted by molar-refractivity contribution is -0.121. The van der Waals surface area contributed by atoms with Gasteiger partial charge >= 0.3 is 0 Å². The molecule has 2 rings (SSSR count). The Bertz CT molecular complexity index is 522. The molecule has 0 spiro atoms. The molecule has 108 valence electrons. The van der Waals surface area contributed by atoms with Crippen LogP contribution in [-0.2, 0) is 9.59 Å². The van der Waals surface area contributed by atoms with Gasteiger partial charge in [-0.05, 0) is 31.0 Å². The van der Waals surface area contributed by atoms with E-state index in [4.69, 9.17) is 5.73 Å². The Balaban J connectivity index is 2.03. The van der Waals surface area contributed by atoms with E-state index < -0.39 is 0 Å². The number of hydrogen-bond acceptors (Lipinski definition) is 3. The van der Waals surface area contributed by atoms with Gasteiger partial charge in [0.1, 0.15) is 0 Å². The molecule has 20 heavy (non-hydrogen) atoms. The summed E-state index contributed by atoms with van der Waals surface area (Å²) < 4.78 is 0. The van der Waals surface area contributed by atoms with Crippen molar-refractivity contribution in [2.45, 2.75) is 26.7 Å². The summed E-state index contributed by atoms with van der Waals surface area (Å²) in [6.07, 6.45) is 1.69. The highest BCUT2D eigenvalue weighted by Gasteiger charge is 2.48. The van der Waals surface area contributed by atoms with E-state index in [9.17, 15) is 9.59 Å². The van der Waals surface area contributed by atoms with Crippen molar-refractivity contribution >= 4 is 23.2 Å². The molecule has 0 aromatic heterocycles. The Morgan fingerprint density at radius 3 is 2.35 bits per heavy atom. The van der Waals surface area contributed by atoms with Gasteiger partial charge in [-0.3, -0.25) is 9.59 Å². The van der Waals surface area contributed by atoms with E-state index in [0.717, 1.165) is 12.8 Å². The number of hydrogen-bond donors (Lipinski definition) is 3. The second kappa shape index (κ2) is 5.63. The molecule has 1 aliphatic carbocycles. The topological polar surface area (TPSA) is 84.2 Å². The summed E-state index contributed by atoms with van der Waals surface area (Å²) in [5.41, 5.74) is 6.61. The summed E-state index contributed by atoms with van der Waals surface area (Å²) in [7, 11) is 0. The van der Waals surface area contributed by atoms with Gasteiger partial charge in [0.05, 0.1) is 5.41 Å². The van der Waals surface area contributed by atoms with E-state index in [0.29, 0.717) is 17.9 Å². The summed E-state index contributed by atoms with van der Waals surface area (Å²) in [6, 6.07) is 7.15. The van der Waals surface area contributed by atoms with Crippen LogP contribution in [0.2, 0.25) is 0 Å². The van der Waals surface area contributed by atoms with Crippen LogP contribution in [0.5, 0.6) is 0 Å². The van der Waals surface area contributed by atoms with Crippen LogP contribution in [0.25, 0.3) is 0 Å². The summed E-state index contributed by atoms with van der Waals surface area (Å²) in [6.45, 7) is 4.04. The fourth-order valence-corrected chi connectivity index (χ4v) is 1.90. The first-order valence-corrected chi connectivity index (χ1v) is 6.89. The van der Waals surface area contributed by atoms with E-state index in [-0.39, 0.29) is 23.1 Å². The molecule has 1 saturated carbocycles. The SMILES string of the molecule is CC(C)C(=O)Nc1cccc(NC(=O)C2(CN)CC2)c1. The Morgan fingerprint density at radius 1 is 1.25 bits per heavy atom. The first-order chi connectivity index (χ1) is 9.47. The largest absolute Gasteiger partial charge is 0.329 e. The Morgan fingerprint density at radius 2 is 1.85 bits per heavy atom. The predicted molar refractivity (Wildman–Crippen MR) is 79.3 cm³/mol. The van der Waals surface area contributed by atoms with Crippen molar-refractivity contribution < 1.29 is 9.59 Å². The average Bonchev–Trinajstić information content (AvgIpc) is 3.20. The minimum atomic E-state index is -0.378. The molecule has 5 nitrogen and oxygen atoms in total. The lowest BCUT2D eigenvalue weighted by Gasteiger charge is -2.14. The molecule has 0 saturated heterocycles. The van der Waals surface area contributed by atoms with Crippen molar-refractivity contribution in [3.63, 3.8) is 0 Å². The molecule has 1 aromatic rings. The molecular formula is C15H21N3O2. The first-order valence-electron chi connectivity index (χ1n) is 6.89. The lowest BCUT2D eigenvalue weighted by Crippen LogP contribution is -2.30. The molecule has 2 amide bonds. The summed E-state index contributed by atoms with van der Waals surface area (Å²) >= 11 is 0. The third kappa shape index (κ3) is 3.17. The quantitative estimate of drug-likeness (QED) is 0.768. The fraction of sp³-hybridized carbons (Fsp3) is 0.467. The maximum atomic E-state index is 12.1. The van der Waals surface area contributed by atoms with Crippen molar-refractivity contribution in [2.24, 2.45) is 17.1 Å². The maximum absolute atomic E-state index is 12.1. The maximum Gasteiger partial charge on any atom is 0.231 e. The molecule has 0 atom stereocenters. The second-order valence-electron chi connectivity index (χ2n) is 5.66. The zero-order valence-electron chi connectivity index (χ0n) is 11.9. The fourth-order valence-electron chi connectivity index (χ4n) is 1.90. The van der Waals surface area contributed by atoms with Gasteiger partial charge in [0.15, 0.2) is 0 Å². The highest BCUT2D eigenvalue weighted by Crippen LogP contribution is 2.45.